The molecule has 9 heteroatoms. The number of halogens is 4. The molecule has 2 N–H and O–H groups in total. The molecule has 1 unspecified atom stereocenters. The fourth-order valence-electron chi connectivity index (χ4n) is 2.32. The molecule has 1 rings (SSSR count). The smallest absolute Gasteiger partial charge is 0.380 e. The van der Waals surface area contributed by atoms with E-state index in [2.05, 4.69) is 15.6 Å². The normalized spacial score (nSPS) is 19.9. The summed E-state index contributed by atoms with van der Waals surface area (Å²) in [6, 6.07) is 0. The van der Waals surface area contributed by atoms with E-state index in [0.29, 0.717) is 45.4 Å². The fraction of sp³-hybridized carbons (Fsp3) is 0.923. The molecule has 0 aromatic heterocycles. The van der Waals surface area contributed by atoms with Gasteiger partial charge in [0.1, 0.15) is 0 Å². The number of hydrogen-bond acceptors (Lipinski definition) is 3. The van der Waals surface area contributed by atoms with Crippen LogP contribution in [-0.2, 0) is 4.74 Å². The zero-order chi connectivity index (χ0) is 15.7. The summed E-state index contributed by atoms with van der Waals surface area (Å²) in [5.74, 6) is 0.877. The molecule has 0 aliphatic carbocycles. The molecule has 1 aliphatic rings. The summed E-state index contributed by atoms with van der Waals surface area (Å²) < 4.78 is 42.1. The van der Waals surface area contributed by atoms with Gasteiger partial charge in [0.25, 0.3) is 0 Å². The van der Waals surface area contributed by atoms with Crippen molar-refractivity contribution in [1.29, 1.82) is 0 Å². The second-order valence-electron chi connectivity index (χ2n) is 5.08. The number of likely N-dealkylation sites (tertiary alicyclic amines) is 1. The summed E-state index contributed by atoms with van der Waals surface area (Å²) >= 11 is 0. The predicted octanol–water partition coefficient (Wildman–Crippen LogP) is 1.69. The van der Waals surface area contributed by atoms with Crippen LogP contribution in [-0.4, -0.2) is 70.0 Å². The van der Waals surface area contributed by atoms with Crippen molar-refractivity contribution < 1.29 is 17.9 Å². The minimum Gasteiger partial charge on any atom is -0.380 e. The van der Waals surface area contributed by atoms with Crippen LogP contribution in [0, 0.1) is 5.92 Å². The number of ether oxygens (including phenoxy) is 1. The minimum absolute atomic E-state index is 0. The largest absolute Gasteiger partial charge is 0.401 e. The minimum atomic E-state index is -4.11. The van der Waals surface area contributed by atoms with Gasteiger partial charge in [-0.05, 0) is 25.8 Å². The van der Waals surface area contributed by atoms with Crippen molar-refractivity contribution in [3.63, 3.8) is 0 Å². The van der Waals surface area contributed by atoms with Crippen molar-refractivity contribution in [2.45, 2.75) is 19.5 Å². The zero-order valence-electron chi connectivity index (χ0n) is 13.1. The van der Waals surface area contributed by atoms with Gasteiger partial charge in [-0.1, -0.05) is 0 Å². The molecule has 1 saturated heterocycles. The maximum absolute atomic E-state index is 12.3. The summed E-state index contributed by atoms with van der Waals surface area (Å²) in [5, 5.41) is 6.24. The Kier molecular flexibility index (Phi) is 11.1. The number of nitrogens with one attached hydrogen (secondary N) is 2. The van der Waals surface area contributed by atoms with Crippen molar-refractivity contribution in [3.05, 3.63) is 0 Å². The van der Waals surface area contributed by atoms with Gasteiger partial charge in [0.2, 0.25) is 0 Å². The topological polar surface area (TPSA) is 48.9 Å². The lowest BCUT2D eigenvalue weighted by molar-refractivity contribution is -0.143. The van der Waals surface area contributed by atoms with Crippen LogP contribution in [0.2, 0.25) is 0 Å². The van der Waals surface area contributed by atoms with Crippen LogP contribution in [0.3, 0.4) is 0 Å². The number of guanidine groups is 1. The number of alkyl halides is 3. The standard InChI is InChI=1S/C13H25F3N4O.HI/c1-3-21-7-5-18-12(17-2)19-8-11-4-6-20(9-11)10-13(14,15)16;/h11H,3-10H2,1-2H3,(H2,17,18,19);1H. The second kappa shape index (κ2) is 11.3. The van der Waals surface area contributed by atoms with Gasteiger partial charge in [-0.25, -0.2) is 0 Å². The van der Waals surface area contributed by atoms with Gasteiger partial charge in [0.05, 0.1) is 13.2 Å². The Morgan fingerprint density at radius 3 is 2.68 bits per heavy atom. The van der Waals surface area contributed by atoms with Crippen LogP contribution in [0.15, 0.2) is 4.99 Å². The lowest BCUT2D eigenvalue weighted by Gasteiger charge is -2.18. The Morgan fingerprint density at radius 1 is 1.36 bits per heavy atom. The molecular formula is C13H26F3IN4O. The van der Waals surface area contributed by atoms with Crippen molar-refractivity contribution in [1.82, 2.24) is 15.5 Å². The van der Waals surface area contributed by atoms with Gasteiger partial charge in [-0.2, -0.15) is 13.2 Å². The molecule has 1 aliphatic heterocycles. The summed E-state index contributed by atoms with van der Waals surface area (Å²) in [6.07, 6.45) is -3.34. The Labute approximate surface area is 147 Å². The summed E-state index contributed by atoms with van der Waals surface area (Å²) in [4.78, 5) is 5.53. The quantitative estimate of drug-likeness (QED) is 0.275. The molecule has 1 atom stereocenters. The molecule has 1 fully saturated rings. The number of nitrogens with zero attached hydrogens (tertiary/aromatic N) is 2. The van der Waals surface area contributed by atoms with Crippen LogP contribution in [0.25, 0.3) is 0 Å². The third-order valence-corrected chi connectivity index (χ3v) is 3.30. The van der Waals surface area contributed by atoms with E-state index in [1.165, 1.54) is 4.90 Å². The maximum atomic E-state index is 12.3. The van der Waals surface area contributed by atoms with Crippen LogP contribution in [0.1, 0.15) is 13.3 Å². The van der Waals surface area contributed by atoms with E-state index >= 15 is 0 Å². The van der Waals surface area contributed by atoms with Crippen LogP contribution < -0.4 is 10.6 Å². The first-order valence-electron chi connectivity index (χ1n) is 7.26. The second-order valence-corrected chi connectivity index (χ2v) is 5.08. The first-order chi connectivity index (χ1) is 9.94. The fourth-order valence-corrected chi connectivity index (χ4v) is 2.32. The summed E-state index contributed by atoms with van der Waals surface area (Å²) in [6.45, 7) is 4.64. The van der Waals surface area contributed by atoms with Crippen LogP contribution >= 0.6 is 24.0 Å². The molecule has 0 saturated carbocycles. The first-order valence-corrected chi connectivity index (χ1v) is 7.26. The third-order valence-electron chi connectivity index (χ3n) is 3.30. The van der Waals surface area contributed by atoms with Gasteiger partial charge < -0.3 is 15.4 Å². The zero-order valence-corrected chi connectivity index (χ0v) is 15.4. The van der Waals surface area contributed by atoms with Crippen molar-refractivity contribution >= 4 is 29.9 Å². The van der Waals surface area contributed by atoms with Gasteiger partial charge in [0, 0.05) is 33.3 Å². The molecule has 0 radical (unpaired) electrons. The molecule has 132 valence electrons. The molecular weight excluding hydrogens is 412 g/mol. The van der Waals surface area contributed by atoms with Gasteiger partial charge in [-0.3, -0.25) is 9.89 Å². The third kappa shape index (κ3) is 9.67. The molecule has 0 aromatic rings. The number of rotatable bonds is 7. The average molecular weight is 438 g/mol. The SMILES string of the molecule is CCOCCNC(=NC)NCC1CCN(CC(F)(F)F)C1.I. The van der Waals surface area contributed by atoms with Gasteiger partial charge in [0.15, 0.2) is 5.96 Å². The highest BCUT2D eigenvalue weighted by atomic mass is 127. The summed E-state index contributed by atoms with van der Waals surface area (Å²) in [5.41, 5.74) is 0. The van der Waals surface area contributed by atoms with E-state index in [4.69, 9.17) is 4.74 Å². The molecule has 1 heterocycles. The van der Waals surface area contributed by atoms with Crippen LogP contribution in [0.5, 0.6) is 0 Å². The Morgan fingerprint density at radius 2 is 2.09 bits per heavy atom. The lowest BCUT2D eigenvalue weighted by atomic mass is 10.1. The molecule has 0 bridgehead atoms. The highest BCUT2D eigenvalue weighted by molar-refractivity contribution is 14.0. The highest BCUT2D eigenvalue weighted by Crippen LogP contribution is 2.22. The highest BCUT2D eigenvalue weighted by Gasteiger charge is 2.34. The molecule has 22 heavy (non-hydrogen) atoms. The predicted molar refractivity (Wildman–Crippen MR) is 91.9 cm³/mol. The van der Waals surface area contributed by atoms with Crippen molar-refractivity contribution in [2.24, 2.45) is 10.9 Å². The first kappa shape index (κ1) is 21.7. The van der Waals surface area contributed by atoms with Gasteiger partial charge >= 0.3 is 6.18 Å². The average Bonchev–Trinajstić information content (AvgIpc) is 2.83. The number of aliphatic imine (C=N–C) groups is 1. The van der Waals surface area contributed by atoms with E-state index in [1.807, 2.05) is 6.92 Å². The van der Waals surface area contributed by atoms with Gasteiger partial charge in [-0.15, -0.1) is 24.0 Å². The van der Waals surface area contributed by atoms with E-state index < -0.39 is 12.7 Å². The number of hydrogen-bond donors (Lipinski definition) is 2. The molecule has 0 aromatic carbocycles. The molecule has 0 amide bonds. The Hall–Kier alpha value is -0.290. The molecule has 0 spiro atoms. The monoisotopic (exact) mass is 438 g/mol. The van der Waals surface area contributed by atoms with E-state index in [9.17, 15) is 13.2 Å². The molecule has 5 nitrogen and oxygen atoms in total. The maximum Gasteiger partial charge on any atom is 0.401 e. The van der Waals surface area contributed by atoms with Crippen molar-refractivity contribution in [3.8, 4) is 0 Å². The Balaban J connectivity index is 0.00000441. The van der Waals surface area contributed by atoms with Crippen LogP contribution in [0.4, 0.5) is 13.2 Å². The van der Waals surface area contributed by atoms with Crippen molar-refractivity contribution in [2.75, 3.05) is 53.0 Å². The Bertz CT molecular complexity index is 329. The van der Waals surface area contributed by atoms with E-state index in [0.717, 1.165) is 6.42 Å². The van der Waals surface area contributed by atoms with E-state index in [1.54, 1.807) is 7.05 Å². The van der Waals surface area contributed by atoms with E-state index in [-0.39, 0.29) is 29.9 Å². The summed E-state index contributed by atoms with van der Waals surface area (Å²) in [7, 11) is 1.67. The lowest BCUT2D eigenvalue weighted by Crippen LogP contribution is -2.41.